The van der Waals surface area contributed by atoms with Crippen molar-refractivity contribution in [1.29, 1.82) is 0 Å². The largest absolute Gasteiger partial charge is 0.391 e. The fourth-order valence-corrected chi connectivity index (χ4v) is 2.82. The second-order valence-electron chi connectivity index (χ2n) is 4.73. The molecule has 1 heterocycles. The Balaban J connectivity index is 1.91. The molecule has 3 atom stereocenters. The van der Waals surface area contributed by atoms with Crippen molar-refractivity contribution in [2.24, 2.45) is 0 Å². The third-order valence-corrected chi connectivity index (χ3v) is 3.83. The maximum absolute atomic E-state index is 9.94. The SMILES string of the molecule is CN(C1CCNC1)C1CCCCC1O. The molecular weight excluding hydrogens is 176 g/mol. The van der Waals surface area contributed by atoms with Gasteiger partial charge in [0.2, 0.25) is 0 Å². The highest BCUT2D eigenvalue weighted by molar-refractivity contribution is 4.88. The molecule has 3 unspecified atom stereocenters. The normalized spacial score (nSPS) is 39.2. The van der Waals surface area contributed by atoms with Gasteiger partial charge in [0.05, 0.1) is 6.10 Å². The van der Waals surface area contributed by atoms with E-state index in [1.54, 1.807) is 0 Å². The zero-order valence-corrected chi connectivity index (χ0v) is 9.08. The lowest BCUT2D eigenvalue weighted by Gasteiger charge is -2.38. The van der Waals surface area contributed by atoms with Crippen LogP contribution in [0.1, 0.15) is 32.1 Å². The molecule has 1 saturated heterocycles. The number of rotatable bonds is 2. The van der Waals surface area contributed by atoms with Gasteiger partial charge in [-0.05, 0) is 32.9 Å². The van der Waals surface area contributed by atoms with E-state index in [0.29, 0.717) is 12.1 Å². The number of hydrogen-bond acceptors (Lipinski definition) is 3. The summed E-state index contributed by atoms with van der Waals surface area (Å²) in [6.07, 6.45) is 5.80. The molecule has 0 aromatic heterocycles. The van der Waals surface area contributed by atoms with Crippen molar-refractivity contribution < 1.29 is 5.11 Å². The Bertz CT molecular complexity index is 180. The number of likely N-dealkylation sites (N-methyl/N-ethyl adjacent to an activating group) is 1. The van der Waals surface area contributed by atoms with Crippen LogP contribution < -0.4 is 5.32 Å². The van der Waals surface area contributed by atoms with Gasteiger partial charge in [0, 0.05) is 18.6 Å². The second kappa shape index (κ2) is 4.60. The quantitative estimate of drug-likeness (QED) is 0.681. The predicted molar refractivity (Wildman–Crippen MR) is 57.3 cm³/mol. The van der Waals surface area contributed by atoms with Crippen LogP contribution in [0.4, 0.5) is 0 Å². The van der Waals surface area contributed by atoms with Crippen LogP contribution in [0, 0.1) is 0 Å². The van der Waals surface area contributed by atoms with Crippen LogP contribution >= 0.6 is 0 Å². The van der Waals surface area contributed by atoms with Gasteiger partial charge in [-0.1, -0.05) is 12.8 Å². The van der Waals surface area contributed by atoms with Crippen LogP contribution in [0.15, 0.2) is 0 Å². The first-order chi connectivity index (χ1) is 6.79. The van der Waals surface area contributed by atoms with E-state index in [2.05, 4.69) is 17.3 Å². The summed E-state index contributed by atoms with van der Waals surface area (Å²) in [7, 11) is 2.18. The van der Waals surface area contributed by atoms with Gasteiger partial charge in [-0.2, -0.15) is 0 Å². The minimum absolute atomic E-state index is 0.0886. The monoisotopic (exact) mass is 198 g/mol. The summed E-state index contributed by atoms with van der Waals surface area (Å²) in [5.74, 6) is 0. The lowest BCUT2D eigenvalue weighted by molar-refractivity contribution is 0.0162. The van der Waals surface area contributed by atoms with Gasteiger partial charge >= 0.3 is 0 Å². The minimum atomic E-state index is -0.0886. The fourth-order valence-electron chi connectivity index (χ4n) is 2.82. The first-order valence-electron chi connectivity index (χ1n) is 5.90. The molecule has 1 saturated carbocycles. The summed E-state index contributed by atoms with van der Waals surface area (Å²) in [6, 6.07) is 1.06. The smallest absolute Gasteiger partial charge is 0.0695 e. The molecule has 0 bridgehead atoms. The maximum Gasteiger partial charge on any atom is 0.0695 e. The van der Waals surface area contributed by atoms with E-state index in [1.807, 2.05) is 0 Å². The highest BCUT2D eigenvalue weighted by atomic mass is 16.3. The van der Waals surface area contributed by atoms with Gasteiger partial charge in [0.15, 0.2) is 0 Å². The fraction of sp³-hybridized carbons (Fsp3) is 1.00. The van der Waals surface area contributed by atoms with Crippen LogP contribution in [-0.2, 0) is 0 Å². The highest BCUT2D eigenvalue weighted by Crippen LogP contribution is 2.24. The topological polar surface area (TPSA) is 35.5 Å². The Morgan fingerprint density at radius 1 is 1.21 bits per heavy atom. The molecule has 1 aliphatic heterocycles. The molecule has 0 radical (unpaired) electrons. The predicted octanol–water partition coefficient (Wildman–Crippen LogP) is 0.584. The molecule has 0 amide bonds. The Hall–Kier alpha value is -0.120. The lowest BCUT2D eigenvalue weighted by atomic mass is 9.90. The van der Waals surface area contributed by atoms with Crippen LogP contribution in [-0.4, -0.2) is 48.3 Å². The van der Waals surface area contributed by atoms with Gasteiger partial charge in [0.1, 0.15) is 0 Å². The standard InChI is InChI=1S/C11H22N2O/c1-13(9-6-7-12-8-9)10-4-2-3-5-11(10)14/h9-12,14H,2-8H2,1H3. The van der Waals surface area contributed by atoms with Crippen molar-refractivity contribution in [1.82, 2.24) is 10.2 Å². The number of nitrogens with one attached hydrogen (secondary N) is 1. The highest BCUT2D eigenvalue weighted by Gasteiger charge is 2.31. The van der Waals surface area contributed by atoms with Crippen molar-refractivity contribution in [3.05, 3.63) is 0 Å². The van der Waals surface area contributed by atoms with Gasteiger partial charge in [-0.25, -0.2) is 0 Å². The molecule has 0 spiro atoms. The third-order valence-electron chi connectivity index (χ3n) is 3.83. The first kappa shape index (κ1) is 10.4. The van der Waals surface area contributed by atoms with Crippen LogP contribution in [0.25, 0.3) is 0 Å². The van der Waals surface area contributed by atoms with E-state index in [1.165, 1.54) is 25.7 Å². The molecule has 14 heavy (non-hydrogen) atoms. The van der Waals surface area contributed by atoms with Gasteiger partial charge in [0.25, 0.3) is 0 Å². The van der Waals surface area contributed by atoms with Crippen molar-refractivity contribution in [2.75, 3.05) is 20.1 Å². The summed E-state index contributed by atoms with van der Waals surface area (Å²) in [6.45, 7) is 2.23. The van der Waals surface area contributed by atoms with Crippen LogP contribution in [0.2, 0.25) is 0 Å². The average Bonchev–Trinajstić information content (AvgIpc) is 2.70. The molecule has 0 aromatic rings. The zero-order valence-electron chi connectivity index (χ0n) is 9.08. The lowest BCUT2D eigenvalue weighted by Crippen LogP contribution is -2.48. The van der Waals surface area contributed by atoms with Crippen LogP contribution in [0.5, 0.6) is 0 Å². The van der Waals surface area contributed by atoms with Crippen LogP contribution in [0.3, 0.4) is 0 Å². The summed E-state index contributed by atoms with van der Waals surface area (Å²) in [5.41, 5.74) is 0. The molecule has 1 aliphatic carbocycles. The van der Waals surface area contributed by atoms with Crippen molar-refractivity contribution in [3.63, 3.8) is 0 Å². The zero-order chi connectivity index (χ0) is 9.97. The Morgan fingerprint density at radius 2 is 2.00 bits per heavy atom. The van der Waals surface area contributed by atoms with E-state index in [-0.39, 0.29) is 6.10 Å². The molecule has 3 heteroatoms. The first-order valence-corrected chi connectivity index (χ1v) is 5.90. The maximum atomic E-state index is 9.94. The molecule has 2 aliphatic rings. The molecule has 82 valence electrons. The van der Waals surface area contributed by atoms with Gasteiger partial charge < -0.3 is 10.4 Å². The molecule has 2 fully saturated rings. The number of aliphatic hydroxyl groups excluding tert-OH is 1. The second-order valence-corrected chi connectivity index (χ2v) is 4.73. The average molecular weight is 198 g/mol. The summed E-state index contributed by atoms with van der Waals surface area (Å²) in [5, 5.41) is 13.3. The van der Waals surface area contributed by atoms with E-state index >= 15 is 0 Å². The molecule has 2 rings (SSSR count). The van der Waals surface area contributed by atoms with Gasteiger partial charge in [-0.3, -0.25) is 4.90 Å². The van der Waals surface area contributed by atoms with Gasteiger partial charge in [-0.15, -0.1) is 0 Å². The summed E-state index contributed by atoms with van der Waals surface area (Å²) >= 11 is 0. The Kier molecular flexibility index (Phi) is 3.42. The van der Waals surface area contributed by atoms with E-state index in [4.69, 9.17) is 0 Å². The third kappa shape index (κ3) is 2.10. The molecule has 2 N–H and O–H groups in total. The van der Waals surface area contributed by atoms with Crippen molar-refractivity contribution in [3.8, 4) is 0 Å². The van der Waals surface area contributed by atoms with E-state index in [9.17, 15) is 5.11 Å². The molecule has 0 aromatic carbocycles. The summed E-state index contributed by atoms with van der Waals surface area (Å²) in [4.78, 5) is 2.41. The van der Waals surface area contributed by atoms with Crippen molar-refractivity contribution >= 4 is 0 Å². The molecule has 3 nitrogen and oxygen atoms in total. The number of aliphatic hydroxyl groups is 1. The molecular formula is C11H22N2O. The van der Waals surface area contributed by atoms with E-state index in [0.717, 1.165) is 19.5 Å². The van der Waals surface area contributed by atoms with E-state index < -0.39 is 0 Å². The van der Waals surface area contributed by atoms with Crippen molar-refractivity contribution in [2.45, 2.75) is 50.3 Å². The summed E-state index contributed by atoms with van der Waals surface area (Å²) < 4.78 is 0. The minimum Gasteiger partial charge on any atom is -0.391 e. The number of hydrogen-bond donors (Lipinski definition) is 2. The Morgan fingerprint density at radius 3 is 2.64 bits per heavy atom. The number of nitrogens with zero attached hydrogens (tertiary/aromatic N) is 1. The Labute approximate surface area is 86.5 Å².